The maximum absolute atomic E-state index is 12.1. The Balaban J connectivity index is 2.01. The molecule has 1 amide bonds. The maximum atomic E-state index is 12.1. The summed E-state index contributed by atoms with van der Waals surface area (Å²) >= 11 is 0. The largest absolute Gasteiger partial charge is 0.383 e. The van der Waals surface area contributed by atoms with Crippen LogP contribution in [0.4, 0.5) is 0 Å². The number of nitrogens with two attached hydrogens (primary N) is 1. The minimum Gasteiger partial charge on any atom is -0.383 e. The molecule has 3 rings (SSSR count). The first-order chi connectivity index (χ1) is 11.7. The van der Waals surface area contributed by atoms with E-state index in [0.29, 0.717) is 5.82 Å². The number of carbonyl (C=O) groups is 1. The summed E-state index contributed by atoms with van der Waals surface area (Å²) in [6.07, 6.45) is 5.08. The second-order valence-electron chi connectivity index (χ2n) is 7.75. The molecule has 0 unspecified atom stereocenters. The molecular weight excluding hydrogens is 312 g/mol. The third-order valence-electron chi connectivity index (χ3n) is 5.28. The van der Waals surface area contributed by atoms with Gasteiger partial charge in [0.05, 0.1) is 11.7 Å². The zero-order valence-corrected chi connectivity index (χ0v) is 15.8. The van der Waals surface area contributed by atoms with Crippen LogP contribution in [0.25, 0.3) is 0 Å². The lowest BCUT2D eigenvalue weighted by atomic mass is 9.82. The lowest BCUT2D eigenvalue weighted by Crippen LogP contribution is -2.48. The number of aryl methyl sites for hydroxylation is 1. The monoisotopic (exact) mass is 340 g/mol. The van der Waals surface area contributed by atoms with Crippen LogP contribution < -0.4 is 5.73 Å². The van der Waals surface area contributed by atoms with Gasteiger partial charge in [-0.15, -0.1) is 0 Å². The first-order valence-electron chi connectivity index (χ1n) is 8.88. The molecule has 25 heavy (non-hydrogen) atoms. The van der Waals surface area contributed by atoms with E-state index in [1.807, 2.05) is 13.1 Å². The molecule has 0 radical (unpaired) electrons. The molecule has 0 aliphatic carbocycles. The van der Waals surface area contributed by atoms with Crippen molar-refractivity contribution in [2.75, 3.05) is 13.1 Å². The highest BCUT2D eigenvalue weighted by Gasteiger charge is 2.39. The first kappa shape index (κ1) is 17.5. The minimum atomic E-state index is -0.150. The zero-order valence-electron chi connectivity index (χ0n) is 15.8. The van der Waals surface area contributed by atoms with Crippen molar-refractivity contribution in [3.05, 3.63) is 52.8 Å². The van der Waals surface area contributed by atoms with Crippen molar-refractivity contribution in [1.29, 1.82) is 0 Å². The molecule has 1 aromatic rings. The van der Waals surface area contributed by atoms with Gasteiger partial charge < -0.3 is 10.6 Å². The fraction of sp³-hybridized carbons (Fsp3) is 0.500. The molecule has 2 N–H and O–H groups in total. The summed E-state index contributed by atoms with van der Waals surface area (Å²) in [6.45, 7) is 11.9. The molecule has 0 saturated carbocycles. The molecule has 3 heterocycles. The highest BCUT2D eigenvalue weighted by atomic mass is 16.2. The Morgan fingerprint density at radius 2 is 2.12 bits per heavy atom. The number of rotatable bonds is 3. The first-order valence-corrected chi connectivity index (χ1v) is 8.88. The number of amides is 1. The predicted octanol–water partition coefficient (Wildman–Crippen LogP) is 2.68. The molecule has 1 fully saturated rings. The Morgan fingerprint density at radius 1 is 1.40 bits per heavy atom. The van der Waals surface area contributed by atoms with E-state index < -0.39 is 0 Å². The van der Waals surface area contributed by atoms with Gasteiger partial charge in [0, 0.05) is 37.3 Å². The molecule has 0 spiro atoms. The van der Waals surface area contributed by atoms with Crippen LogP contribution in [0.1, 0.15) is 45.4 Å². The molecule has 1 saturated heterocycles. The van der Waals surface area contributed by atoms with Crippen LogP contribution in [0.3, 0.4) is 0 Å². The number of hydrogen-bond donors (Lipinski definition) is 1. The topological polar surface area (TPSA) is 62.5 Å². The zero-order chi connectivity index (χ0) is 18.4. The molecule has 2 bridgehead atoms. The van der Waals surface area contributed by atoms with Gasteiger partial charge >= 0.3 is 0 Å². The molecule has 134 valence electrons. The van der Waals surface area contributed by atoms with Gasteiger partial charge in [0.1, 0.15) is 5.82 Å². The number of aromatic nitrogens is 1. The molecule has 0 aromatic carbocycles. The van der Waals surface area contributed by atoms with Gasteiger partial charge in [-0.1, -0.05) is 19.9 Å². The van der Waals surface area contributed by atoms with Crippen molar-refractivity contribution >= 4 is 5.91 Å². The van der Waals surface area contributed by atoms with Crippen molar-refractivity contribution in [3.8, 4) is 0 Å². The summed E-state index contributed by atoms with van der Waals surface area (Å²) in [5, 5.41) is 0. The average molecular weight is 340 g/mol. The smallest absolute Gasteiger partial charge is 0.225 e. The SMILES string of the molecule is CC(=O)N1C(N)=C(/C(C)=C\C(C)(C)c2ccnc(C)c2)N2CC[C@H]1C2. The Morgan fingerprint density at radius 3 is 2.76 bits per heavy atom. The third kappa shape index (κ3) is 3.15. The van der Waals surface area contributed by atoms with Crippen LogP contribution in [0.2, 0.25) is 0 Å². The number of carbonyl (C=O) groups excluding carboxylic acids is 1. The summed E-state index contributed by atoms with van der Waals surface area (Å²) in [7, 11) is 0. The van der Waals surface area contributed by atoms with Crippen molar-refractivity contribution < 1.29 is 4.79 Å². The highest BCUT2D eigenvalue weighted by molar-refractivity contribution is 5.76. The van der Waals surface area contributed by atoms with Crippen LogP contribution in [-0.2, 0) is 10.2 Å². The second-order valence-corrected chi connectivity index (χ2v) is 7.75. The van der Waals surface area contributed by atoms with Gasteiger partial charge in [-0.25, -0.2) is 0 Å². The number of fused-ring (bicyclic) bond motifs is 2. The van der Waals surface area contributed by atoms with Crippen LogP contribution in [0, 0.1) is 6.92 Å². The quantitative estimate of drug-likeness (QED) is 0.919. The number of hydrogen-bond acceptors (Lipinski definition) is 4. The van der Waals surface area contributed by atoms with E-state index in [4.69, 9.17) is 5.73 Å². The summed E-state index contributed by atoms with van der Waals surface area (Å²) in [5.74, 6) is 0.620. The lowest BCUT2D eigenvalue weighted by Gasteiger charge is -2.37. The molecule has 2 aliphatic heterocycles. The van der Waals surface area contributed by atoms with Crippen LogP contribution in [0.15, 0.2) is 41.5 Å². The van der Waals surface area contributed by atoms with Gasteiger partial charge in [-0.3, -0.25) is 14.7 Å². The van der Waals surface area contributed by atoms with Gasteiger partial charge in [-0.2, -0.15) is 0 Å². The van der Waals surface area contributed by atoms with Gasteiger partial charge in [0.15, 0.2) is 0 Å². The van der Waals surface area contributed by atoms with Crippen LogP contribution in [0.5, 0.6) is 0 Å². The van der Waals surface area contributed by atoms with E-state index in [-0.39, 0.29) is 17.4 Å². The summed E-state index contributed by atoms with van der Waals surface area (Å²) < 4.78 is 0. The highest BCUT2D eigenvalue weighted by Crippen LogP contribution is 2.35. The van der Waals surface area contributed by atoms with Gasteiger partial charge in [0.2, 0.25) is 5.91 Å². The summed E-state index contributed by atoms with van der Waals surface area (Å²) in [6, 6.07) is 4.39. The molecule has 2 aliphatic rings. The van der Waals surface area contributed by atoms with E-state index >= 15 is 0 Å². The summed E-state index contributed by atoms with van der Waals surface area (Å²) in [5.41, 5.74) is 10.6. The van der Waals surface area contributed by atoms with Crippen molar-refractivity contribution in [2.24, 2.45) is 5.73 Å². The molecule has 1 atom stereocenters. The number of allylic oxidation sites excluding steroid dienone is 2. The fourth-order valence-corrected chi connectivity index (χ4v) is 4.15. The van der Waals surface area contributed by atoms with Crippen LogP contribution in [-0.4, -0.2) is 39.8 Å². The van der Waals surface area contributed by atoms with E-state index in [1.54, 1.807) is 11.8 Å². The lowest BCUT2D eigenvalue weighted by molar-refractivity contribution is -0.129. The Labute approximate surface area is 150 Å². The Kier molecular flexibility index (Phi) is 4.35. The standard InChI is InChI=1S/C20H28N4O/c1-13(11-20(4,5)16-6-8-22-14(2)10-16)18-19(21)24(15(3)25)17-7-9-23(18)12-17/h6,8,10-11,17H,7,9,12,21H2,1-5H3/b13-11-/t17-/m0/s1. The van der Waals surface area contributed by atoms with E-state index in [2.05, 4.69) is 48.9 Å². The third-order valence-corrected chi connectivity index (χ3v) is 5.28. The average Bonchev–Trinajstić information content (AvgIpc) is 2.90. The van der Waals surface area contributed by atoms with Crippen molar-refractivity contribution in [2.45, 2.75) is 52.5 Å². The molecule has 1 aromatic heterocycles. The maximum Gasteiger partial charge on any atom is 0.225 e. The van der Waals surface area contributed by atoms with E-state index in [1.165, 1.54) is 5.56 Å². The van der Waals surface area contributed by atoms with Crippen molar-refractivity contribution in [3.63, 3.8) is 0 Å². The molecule has 5 heteroatoms. The van der Waals surface area contributed by atoms with Crippen molar-refractivity contribution in [1.82, 2.24) is 14.8 Å². The Hall–Kier alpha value is -2.30. The second kappa shape index (κ2) is 6.21. The normalized spacial score (nSPS) is 21.2. The number of pyridine rings is 1. The van der Waals surface area contributed by atoms with Gasteiger partial charge in [0.25, 0.3) is 0 Å². The number of nitrogens with zero attached hydrogens (tertiary/aromatic N) is 3. The molecule has 5 nitrogen and oxygen atoms in total. The van der Waals surface area contributed by atoms with Crippen LogP contribution >= 0.6 is 0 Å². The molecular formula is C20H28N4O. The van der Waals surface area contributed by atoms with E-state index in [9.17, 15) is 4.79 Å². The predicted molar refractivity (Wildman–Crippen MR) is 99.5 cm³/mol. The van der Waals surface area contributed by atoms with E-state index in [0.717, 1.165) is 36.5 Å². The fourth-order valence-electron chi connectivity index (χ4n) is 4.15. The summed E-state index contributed by atoms with van der Waals surface area (Å²) in [4.78, 5) is 20.5. The van der Waals surface area contributed by atoms with Gasteiger partial charge in [-0.05, 0) is 43.5 Å². The Bertz CT molecular complexity index is 763. The minimum absolute atomic E-state index is 0.0263.